The molecule has 0 saturated heterocycles. The molecule has 0 bridgehead atoms. The number of carbonyl (C=O) groups excluding carboxylic acids is 2. The maximum atomic E-state index is 12.0. The highest BCUT2D eigenvalue weighted by Crippen LogP contribution is 2.31. The van der Waals surface area contributed by atoms with Crippen molar-refractivity contribution in [1.82, 2.24) is 9.55 Å². The van der Waals surface area contributed by atoms with E-state index < -0.39 is 0 Å². The molecule has 0 aliphatic heterocycles. The maximum absolute atomic E-state index is 12.0. The molecule has 0 radical (unpaired) electrons. The smallest absolute Gasteiger partial charge is 0.337 e. The van der Waals surface area contributed by atoms with E-state index in [4.69, 9.17) is 14.2 Å². The van der Waals surface area contributed by atoms with Gasteiger partial charge in [0.2, 0.25) is 0 Å². The van der Waals surface area contributed by atoms with Gasteiger partial charge >= 0.3 is 5.97 Å². The van der Waals surface area contributed by atoms with Crippen LogP contribution >= 0.6 is 11.3 Å². The first-order valence-corrected chi connectivity index (χ1v) is 10.5. The minimum Gasteiger partial charge on any atom is -0.465 e. The zero-order valence-electron chi connectivity index (χ0n) is 17.9. The molecule has 0 fully saturated rings. The Morgan fingerprint density at radius 2 is 1.87 bits per heavy atom. The molecule has 3 rings (SSSR count). The Morgan fingerprint density at radius 3 is 2.55 bits per heavy atom. The molecule has 2 heterocycles. The second kappa shape index (κ2) is 10.3. The van der Waals surface area contributed by atoms with Gasteiger partial charge in [0.05, 0.1) is 31.6 Å². The van der Waals surface area contributed by atoms with Crippen LogP contribution in [0.15, 0.2) is 35.7 Å². The number of methoxy groups -OCH3 is 2. The van der Waals surface area contributed by atoms with Gasteiger partial charge in [-0.25, -0.2) is 9.78 Å². The lowest BCUT2D eigenvalue weighted by Crippen LogP contribution is -2.19. The van der Waals surface area contributed by atoms with E-state index >= 15 is 0 Å². The Kier molecular flexibility index (Phi) is 7.56. The largest absolute Gasteiger partial charge is 0.465 e. The molecule has 0 saturated carbocycles. The third kappa shape index (κ3) is 5.38. The van der Waals surface area contributed by atoms with Gasteiger partial charge in [0.25, 0.3) is 5.91 Å². The predicted octanol–water partition coefficient (Wildman–Crippen LogP) is 3.61. The quantitative estimate of drug-likeness (QED) is 0.401. The summed E-state index contributed by atoms with van der Waals surface area (Å²) in [4.78, 5) is 28.2. The molecule has 0 unspecified atom stereocenters. The number of rotatable bonds is 9. The van der Waals surface area contributed by atoms with Crippen LogP contribution in [0.4, 0.5) is 5.13 Å². The lowest BCUT2D eigenvalue weighted by atomic mass is 10.2. The molecule has 2 aromatic heterocycles. The molecule has 31 heavy (non-hydrogen) atoms. The third-order valence-electron chi connectivity index (χ3n) is 4.67. The van der Waals surface area contributed by atoms with E-state index in [1.54, 1.807) is 19.2 Å². The number of amides is 1. The monoisotopic (exact) mass is 443 g/mol. The highest BCUT2D eigenvalue weighted by molar-refractivity contribution is 7.14. The lowest BCUT2D eigenvalue weighted by Gasteiger charge is -2.10. The summed E-state index contributed by atoms with van der Waals surface area (Å²) in [6.45, 7) is 4.78. The molecule has 164 valence electrons. The van der Waals surface area contributed by atoms with Crippen molar-refractivity contribution >= 4 is 28.3 Å². The average molecular weight is 444 g/mol. The Morgan fingerprint density at radius 1 is 1.13 bits per heavy atom. The summed E-state index contributed by atoms with van der Waals surface area (Å²) in [5.74, 6) is -0.623. The number of aromatic nitrogens is 2. The van der Waals surface area contributed by atoms with Gasteiger partial charge in [-0.15, -0.1) is 11.3 Å². The molecule has 9 heteroatoms. The number of aryl methyl sites for hydroxylation is 1. The van der Waals surface area contributed by atoms with Crippen LogP contribution in [-0.4, -0.2) is 55.5 Å². The summed E-state index contributed by atoms with van der Waals surface area (Å²) < 4.78 is 17.0. The molecule has 0 spiro atoms. The number of benzene rings is 1. The van der Waals surface area contributed by atoms with Crippen molar-refractivity contribution in [2.24, 2.45) is 0 Å². The van der Waals surface area contributed by atoms with Crippen LogP contribution in [0.25, 0.3) is 16.9 Å². The fourth-order valence-corrected chi connectivity index (χ4v) is 3.93. The second-order valence-electron chi connectivity index (χ2n) is 6.79. The van der Waals surface area contributed by atoms with Crippen LogP contribution < -0.4 is 5.32 Å². The van der Waals surface area contributed by atoms with Gasteiger partial charge in [-0.3, -0.25) is 10.1 Å². The summed E-state index contributed by atoms with van der Waals surface area (Å²) in [7, 11) is 2.94. The number of anilines is 1. The first-order chi connectivity index (χ1) is 14.9. The third-order valence-corrected chi connectivity index (χ3v) is 5.43. The zero-order valence-corrected chi connectivity index (χ0v) is 18.7. The Labute approximate surface area is 184 Å². The molecular formula is C22H25N3O5S. The minimum atomic E-state index is -0.366. The van der Waals surface area contributed by atoms with Gasteiger partial charge in [0.15, 0.2) is 5.13 Å². The van der Waals surface area contributed by atoms with Gasteiger partial charge in [0.1, 0.15) is 6.61 Å². The average Bonchev–Trinajstić information content (AvgIpc) is 3.34. The van der Waals surface area contributed by atoms with E-state index in [0.29, 0.717) is 23.9 Å². The van der Waals surface area contributed by atoms with E-state index in [1.807, 2.05) is 31.4 Å². The first-order valence-electron chi connectivity index (χ1n) is 9.64. The van der Waals surface area contributed by atoms with Gasteiger partial charge in [0, 0.05) is 35.1 Å². The van der Waals surface area contributed by atoms with Crippen molar-refractivity contribution in [1.29, 1.82) is 0 Å². The molecule has 0 aliphatic carbocycles. The van der Waals surface area contributed by atoms with Gasteiger partial charge in [-0.2, -0.15) is 0 Å². The lowest BCUT2D eigenvalue weighted by molar-refractivity contribution is -0.121. The van der Waals surface area contributed by atoms with E-state index in [-0.39, 0.29) is 18.5 Å². The van der Waals surface area contributed by atoms with E-state index in [9.17, 15) is 9.59 Å². The molecular weight excluding hydrogens is 418 g/mol. The molecule has 0 atom stereocenters. The summed E-state index contributed by atoms with van der Waals surface area (Å²) in [6, 6.07) is 9.30. The molecule has 1 aromatic carbocycles. The fourth-order valence-electron chi connectivity index (χ4n) is 3.20. The van der Waals surface area contributed by atoms with Crippen LogP contribution in [0.1, 0.15) is 21.7 Å². The summed E-state index contributed by atoms with van der Waals surface area (Å²) in [5, 5.41) is 5.18. The predicted molar refractivity (Wildman–Crippen MR) is 119 cm³/mol. The molecule has 0 aliphatic rings. The standard InChI is InChI=1S/C22H25N3O5S/c1-14-11-18(15(2)25(14)17-7-5-16(6-8-17)21(27)29-4)19-13-31-22(23-19)24-20(26)12-30-10-9-28-3/h5-8,11,13H,9-10,12H2,1-4H3,(H,23,24,26). The summed E-state index contributed by atoms with van der Waals surface area (Å²) in [5.41, 5.74) is 5.23. The number of carbonyl (C=O) groups is 2. The Bertz CT molecular complexity index is 1060. The maximum Gasteiger partial charge on any atom is 0.337 e. The van der Waals surface area contributed by atoms with Crippen LogP contribution in [0.5, 0.6) is 0 Å². The number of hydrogen-bond donors (Lipinski definition) is 1. The highest BCUT2D eigenvalue weighted by atomic mass is 32.1. The summed E-state index contributed by atoms with van der Waals surface area (Å²) in [6.07, 6.45) is 0. The van der Waals surface area contributed by atoms with Crippen LogP contribution in [-0.2, 0) is 19.0 Å². The van der Waals surface area contributed by atoms with Crippen molar-refractivity contribution in [3.8, 4) is 16.9 Å². The number of esters is 1. The number of nitrogens with one attached hydrogen (secondary N) is 1. The molecule has 8 nitrogen and oxygen atoms in total. The van der Waals surface area contributed by atoms with Crippen molar-refractivity contribution in [2.75, 3.05) is 39.4 Å². The van der Waals surface area contributed by atoms with Gasteiger partial charge in [-0.05, 0) is 44.2 Å². The number of nitrogens with zero attached hydrogens (tertiary/aromatic N) is 2. The summed E-state index contributed by atoms with van der Waals surface area (Å²) >= 11 is 1.36. The van der Waals surface area contributed by atoms with Crippen molar-refractivity contribution in [3.05, 3.63) is 52.7 Å². The van der Waals surface area contributed by atoms with E-state index in [1.165, 1.54) is 18.4 Å². The number of thiazole rings is 1. The van der Waals surface area contributed by atoms with E-state index in [2.05, 4.69) is 20.9 Å². The zero-order chi connectivity index (χ0) is 22.4. The number of ether oxygens (including phenoxy) is 3. The second-order valence-corrected chi connectivity index (χ2v) is 7.65. The molecule has 1 amide bonds. The fraction of sp³-hybridized carbons (Fsp3) is 0.318. The first kappa shape index (κ1) is 22.7. The molecule has 3 aromatic rings. The highest BCUT2D eigenvalue weighted by Gasteiger charge is 2.16. The van der Waals surface area contributed by atoms with Crippen LogP contribution in [0.3, 0.4) is 0 Å². The van der Waals surface area contributed by atoms with Crippen molar-refractivity contribution < 1.29 is 23.8 Å². The van der Waals surface area contributed by atoms with Gasteiger partial charge < -0.3 is 18.8 Å². The Balaban J connectivity index is 1.75. The number of hydrogen-bond acceptors (Lipinski definition) is 7. The van der Waals surface area contributed by atoms with Crippen LogP contribution in [0, 0.1) is 13.8 Å². The van der Waals surface area contributed by atoms with Crippen molar-refractivity contribution in [2.45, 2.75) is 13.8 Å². The minimum absolute atomic E-state index is 0.0473. The normalized spacial score (nSPS) is 10.8. The molecule has 1 N–H and O–H groups in total. The van der Waals surface area contributed by atoms with Gasteiger partial charge in [-0.1, -0.05) is 0 Å². The topological polar surface area (TPSA) is 91.7 Å². The SMILES string of the molecule is COCCOCC(=O)Nc1nc(-c2cc(C)n(-c3ccc(C(=O)OC)cc3)c2C)cs1. The van der Waals surface area contributed by atoms with E-state index in [0.717, 1.165) is 28.3 Å². The Hall–Kier alpha value is -3.01. The van der Waals surface area contributed by atoms with Crippen LogP contribution in [0.2, 0.25) is 0 Å². The van der Waals surface area contributed by atoms with Crippen molar-refractivity contribution in [3.63, 3.8) is 0 Å².